The lowest BCUT2D eigenvalue weighted by Crippen LogP contribution is -2.36. The molecule has 0 unspecified atom stereocenters. The highest BCUT2D eigenvalue weighted by molar-refractivity contribution is 5.94. The number of rotatable bonds is 8. The highest BCUT2D eigenvalue weighted by Gasteiger charge is 2.14. The van der Waals surface area contributed by atoms with Crippen LogP contribution in [0, 0.1) is 0 Å². The second kappa shape index (κ2) is 8.93. The van der Waals surface area contributed by atoms with Crippen LogP contribution in [0.1, 0.15) is 15.9 Å². The van der Waals surface area contributed by atoms with Gasteiger partial charge in [0.25, 0.3) is 5.91 Å². The molecule has 0 aliphatic carbocycles. The number of ether oxygens (including phenoxy) is 1. The number of primary amides is 1. The predicted octanol–water partition coefficient (Wildman–Crippen LogP) is -0.0642. The maximum Gasteiger partial charge on any atom is 0.312 e. The number of nitrogens with two attached hydrogens (primary N) is 1. The van der Waals surface area contributed by atoms with Crippen molar-refractivity contribution in [3.8, 4) is 0 Å². The molecule has 1 rings (SSSR count). The lowest BCUT2D eigenvalue weighted by atomic mass is 10.1. The van der Waals surface area contributed by atoms with E-state index in [4.69, 9.17) is 15.6 Å². The molecule has 7 nitrogen and oxygen atoms in total. The molecule has 116 valence electrons. The Hall–Kier alpha value is -2.12. The minimum atomic E-state index is -0.594. The monoisotopic (exact) mass is 295 g/mol. The Bertz CT molecular complexity index is 462. The number of amides is 3. The largest absolute Gasteiger partial charge is 0.395 e. The molecule has 7 heteroatoms. The van der Waals surface area contributed by atoms with E-state index in [-0.39, 0.29) is 19.1 Å². The van der Waals surface area contributed by atoms with Crippen LogP contribution in [0.5, 0.6) is 0 Å². The number of hydrogen-bond acceptors (Lipinski definition) is 4. The van der Waals surface area contributed by atoms with Crippen molar-refractivity contribution in [2.45, 2.75) is 6.54 Å². The molecule has 0 radical (unpaired) electrons. The quantitative estimate of drug-likeness (QED) is 0.624. The Labute approximate surface area is 123 Å². The number of urea groups is 1. The summed E-state index contributed by atoms with van der Waals surface area (Å²) < 4.78 is 4.95. The van der Waals surface area contributed by atoms with Gasteiger partial charge in [-0.25, -0.2) is 4.79 Å². The third-order valence-electron chi connectivity index (χ3n) is 2.89. The SMILES string of the molecule is COCCN(CCO)C(=O)c1ccc(CNC(N)=O)cc1. The van der Waals surface area contributed by atoms with Gasteiger partial charge in [0, 0.05) is 32.3 Å². The van der Waals surface area contributed by atoms with Crippen molar-refractivity contribution in [2.75, 3.05) is 33.4 Å². The molecule has 0 aliphatic heterocycles. The van der Waals surface area contributed by atoms with Gasteiger partial charge in [-0.05, 0) is 17.7 Å². The highest BCUT2D eigenvalue weighted by Crippen LogP contribution is 2.08. The smallest absolute Gasteiger partial charge is 0.312 e. The van der Waals surface area contributed by atoms with Crippen LogP contribution in [0.4, 0.5) is 4.79 Å². The number of aliphatic hydroxyl groups is 1. The van der Waals surface area contributed by atoms with E-state index in [9.17, 15) is 9.59 Å². The number of aliphatic hydroxyl groups excluding tert-OH is 1. The van der Waals surface area contributed by atoms with Crippen LogP contribution < -0.4 is 11.1 Å². The Kier molecular flexibility index (Phi) is 7.20. The minimum absolute atomic E-state index is 0.101. The van der Waals surface area contributed by atoms with Gasteiger partial charge in [-0.3, -0.25) is 4.79 Å². The molecule has 0 spiro atoms. The van der Waals surface area contributed by atoms with E-state index < -0.39 is 6.03 Å². The van der Waals surface area contributed by atoms with Crippen molar-refractivity contribution in [1.82, 2.24) is 10.2 Å². The predicted molar refractivity (Wildman–Crippen MR) is 77.7 cm³/mol. The topological polar surface area (TPSA) is 105 Å². The molecule has 1 aromatic carbocycles. The van der Waals surface area contributed by atoms with Gasteiger partial charge >= 0.3 is 6.03 Å². The lowest BCUT2D eigenvalue weighted by molar-refractivity contribution is 0.0656. The standard InChI is InChI=1S/C14H21N3O4/c1-21-9-7-17(6-8-18)13(19)12-4-2-11(3-5-12)10-16-14(15)20/h2-5,18H,6-10H2,1H3,(H3,15,16,20). The van der Waals surface area contributed by atoms with Crippen LogP contribution in [0.2, 0.25) is 0 Å². The fourth-order valence-corrected chi connectivity index (χ4v) is 1.77. The Morgan fingerprint density at radius 3 is 2.48 bits per heavy atom. The van der Waals surface area contributed by atoms with Crippen LogP contribution in [0.25, 0.3) is 0 Å². The van der Waals surface area contributed by atoms with Gasteiger partial charge in [-0.1, -0.05) is 12.1 Å². The van der Waals surface area contributed by atoms with Gasteiger partial charge in [-0.15, -0.1) is 0 Å². The summed E-state index contributed by atoms with van der Waals surface area (Å²) >= 11 is 0. The van der Waals surface area contributed by atoms with Crippen LogP contribution >= 0.6 is 0 Å². The summed E-state index contributed by atoms with van der Waals surface area (Å²) in [5.74, 6) is -0.171. The average Bonchev–Trinajstić information content (AvgIpc) is 2.49. The first kappa shape index (κ1) is 16.9. The van der Waals surface area contributed by atoms with Crippen molar-refractivity contribution < 1.29 is 19.4 Å². The summed E-state index contributed by atoms with van der Waals surface area (Å²) in [6, 6.07) is 6.26. The van der Waals surface area contributed by atoms with Crippen molar-refractivity contribution in [1.29, 1.82) is 0 Å². The molecule has 0 saturated carbocycles. The Morgan fingerprint density at radius 1 is 1.29 bits per heavy atom. The first-order valence-electron chi connectivity index (χ1n) is 6.59. The molecule has 0 fully saturated rings. The highest BCUT2D eigenvalue weighted by atomic mass is 16.5. The van der Waals surface area contributed by atoms with Crippen LogP contribution in [0.3, 0.4) is 0 Å². The van der Waals surface area contributed by atoms with Gasteiger partial charge in [0.1, 0.15) is 0 Å². The number of carbonyl (C=O) groups is 2. The molecule has 0 atom stereocenters. The van der Waals surface area contributed by atoms with Gasteiger partial charge in [0.15, 0.2) is 0 Å². The summed E-state index contributed by atoms with van der Waals surface area (Å²) in [6.45, 7) is 1.30. The van der Waals surface area contributed by atoms with E-state index in [0.29, 0.717) is 25.3 Å². The molecular weight excluding hydrogens is 274 g/mol. The number of nitrogens with zero attached hydrogens (tertiary/aromatic N) is 1. The second-order valence-corrected chi connectivity index (χ2v) is 4.42. The first-order valence-corrected chi connectivity index (χ1v) is 6.59. The number of carbonyl (C=O) groups excluding carboxylic acids is 2. The zero-order valence-electron chi connectivity index (χ0n) is 12.0. The minimum Gasteiger partial charge on any atom is -0.395 e. The zero-order chi connectivity index (χ0) is 15.7. The zero-order valence-corrected chi connectivity index (χ0v) is 12.0. The molecule has 1 aromatic rings. The van der Waals surface area contributed by atoms with Gasteiger partial charge in [-0.2, -0.15) is 0 Å². The van der Waals surface area contributed by atoms with Crippen LogP contribution in [-0.4, -0.2) is 55.4 Å². The normalized spacial score (nSPS) is 10.2. The van der Waals surface area contributed by atoms with Gasteiger partial charge < -0.3 is 25.8 Å². The van der Waals surface area contributed by atoms with Crippen molar-refractivity contribution >= 4 is 11.9 Å². The molecule has 0 aromatic heterocycles. The molecule has 0 saturated heterocycles. The number of nitrogens with one attached hydrogen (secondary N) is 1. The van der Waals surface area contributed by atoms with E-state index in [1.807, 2.05) is 0 Å². The van der Waals surface area contributed by atoms with E-state index >= 15 is 0 Å². The second-order valence-electron chi connectivity index (χ2n) is 4.42. The lowest BCUT2D eigenvalue weighted by Gasteiger charge is -2.21. The van der Waals surface area contributed by atoms with E-state index in [2.05, 4.69) is 5.32 Å². The third-order valence-corrected chi connectivity index (χ3v) is 2.89. The number of methoxy groups -OCH3 is 1. The van der Waals surface area contributed by atoms with Gasteiger partial charge in [0.05, 0.1) is 13.2 Å². The maximum atomic E-state index is 12.3. The van der Waals surface area contributed by atoms with Gasteiger partial charge in [0.2, 0.25) is 0 Å². The molecule has 0 heterocycles. The van der Waals surface area contributed by atoms with E-state index in [1.165, 1.54) is 4.90 Å². The summed E-state index contributed by atoms with van der Waals surface area (Å²) in [5.41, 5.74) is 6.35. The van der Waals surface area contributed by atoms with Crippen molar-refractivity contribution in [3.05, 3.63) is 35.4 Å². The maximum absolute atomic E-state index is 12.3. The fourth-order valence-electron chi connectivity index (χ4n) is 1.77. The van der Waals surface area contributed by atoms with Crippen molar-refractivity contribution in [3.63, 3.8) is 0 Å². The number of hydrogen-bond donors (Lipinski definition) is 3. The summed E-state index contributed by atoms with van der Waals surface area (Å²) in [5, 5.41) is 11.5. The van der Waals surface area contributed by atoms with E-state index in [0.717, 1.165) is 5.56 Å². The molecular formula is C14H21N3O4. The summed E-state index contributed by atoms with van der Waals surface area (Å²) in [6.07, 6.45) is 0. The third kappa shape index (κ3) is 5.80. The van der Waals surface area contributed by atoms with Crippen LogP contribution in [0.15, 0.2) is 24.3 Å². The fraction of sp³-hybridized carbons (Fsp3) is 0.429. The molecule has 0 aliphatic rings. The average molecular weight is 295 g/mol. The summed E-state index contributed by atoms with van der Waals surface area (Å²) in [4.78, 5) is 24.4. The molecule has 0 bridgehead atoms. The molecule has 3 amide bonds. The number of benzene rings is 1. The Morgan fingerprint density at radius 2 is 1.95 bits per heavy atom. The van der Waals surface area contributed by atoms with E-state index in [1.54, 1.807) is 31.4 Å². The van der Waals surface area contributed by atoms with Crippen LogP contribution in [-0.2, 0) is 11.3 Å². The first-order chi connectivity index (χ1) is 10.1. The van der Waals surface area contributed by atoms with Crippen molar-refractivity contribution in [2.24, 2.45) is 5.73 Å². The summed E-state index contributed by atoms with van der Waals surface area (Å²) in [7, 11) is 1.56. The molecule has 4 N–H and O–H groups in total. The Balaban J connectivity index is 2.69. The molecule has 21 heavy (non-hydrogen) atoms.